The molecule has 0 aliphatic carbocycles. The second-order valence-electron chi connectivity index (χ2n) is 2.71. The highest BCUT2D eigenvalue weighted by Gasteiger charge is 2.08. The fourth-order valence-electron chi connectivity index (χ4n) is 0.859. The summed E-state index contributed by atoms with van der Waals surface area (Å²) in [5.41, 5.74) is 0.751. The second kappa shape index (κ2) is 4.87. The van der Waals surface area contributed by atoms with Crippen LogP contribution in [0.3, 0.4) is 0 Å². The first-order valence-electron chi connectivity index (χ1n) is 4.12. The Labute approximate surface area is 82.9 Å². The lowest BCUT2D eigenvalue weighted by atomic mass is 10.2. The van der Waals surface area contributed by atoms with Crippen LogP contribution in [-0.4, -0.2) is 10.4 Å². The van der Waals surface area contributed by atoms with Crippen molar-refractivity contribution in [2.24, 2.45) is 0 Å². The quantitative estimate of drug-likeness (QED) is 0.684. The summed E-state index contributed by atoms with van der Waals surface area (Å²) in [6.07, 6.45) is 1.77. The number of carbonyl (C=O) groups excluding carboxylic acids is 1. The molecule has 1 nitrogen and oxygen atoms in total. The zero-order chi connectivity index (χ0) is 9.68. The Balaban J connectivity index is 2.64. The van der Waals surface area contributed by atoms with Gasteiger partial charge in [0.25, 0.3) is 0 Å². The normalized spacial score (nSPS) is 12.1. The highest BCUT2D eigenvalue weighted by atomic mass is 32.2. The van der Waals surface area contributed by atoms with E-state index in [2.05, 4.69) is 6.58 Å². The molecule has 0 amide bonds. The van der Waals surface area contributed by atoms with Gasteiger partial charge < -0.3 is 0 Å². The molecule has 0 aromatic heterocycles. The van der Waals surface area contributed by atoms with E-state index in [-0.39, 0.29) is 10.4 Å². The number of thioether (sulfide) groups is 1. The molecule has 0 aliphatic rings. The molecule has 0 spiro atoms. The van der Waals surface area contributed by atoms with E-state index in [0.717, 1.165) is 5.56 Å². The van der Waals surface area contributed by atoms with E-state index < -0.39 is 0 Å². The Morgan fingerprint density at radius 1 is 1.46 bits per heavy atom. The Hall–Kier alpha value is -1.02. The van der Waals surface area contributed by atoms with Crippen LogP contribution >= 0.6 is 11.8 Å². The first-order valence-corrected chi connectivity index (χ1v) is 5.00. The topological polar surface area (TPSA) is 17.1 Å². The van der Waals surface area contributed by atoms with Gasteiger partial charge in [-0.2, -0.15) is 0 Å². The minimum absolute atomic E-state index is 0.105. The van der Waals surface area contributed by atoms with Gasteiger partial charge in [-0.25, -0.2) is 0 Å². The highest BCUT2D eigenvalue weighted by molar-refractivity contribution is 8.14. The first-order chi connectivity index (χ1) is 6.24. The molecule has 0 N–H and O–H groups in total. The van der Waals surface area contributed by atoms with Crippen molar-refractivity contribution in [3.8, 4) is 0 Å². The molecular formula is C11H12OS. The van der Waals surface area contributed by atoms with Crippen LogP contribution in [-0.2, 0) is 0 Å². The van der Waals surface area contributed by atoms with E-state index >= 15 is 0 Å². The van der Waals surface area contributed by atoms with Crippen LogP contribution < -0.4 is 0 Å². The molecule has 1 aromatic carbocycles. The van der Waals surface area contributed by atoms with E-state index in [1.54, 1.807) is 6.08 Å². The number of carbonyl (C=O) groups is 1. The van der Waals surface area contributed by atoms with Crippen molar-refractivity contribution in [1.29, 1.82) is 0 Å². The smallest absolute Gasteiger partial charge is 0.219 e. The van der Waals surface area contributed by atoms with E-state index in [0.29, 0.717) is 0 Å². The third-order valence-electron chi connectivity index (χ3n) is 1.63. The maximum Gasteiger partial charge on any atom is 0.219 e. The van der Waals surface area contributed by atoms with E-state index in [1.165, 1.54) is 11.8 Å². The molecule has 68 valence electrons. The van der Waals surface area contributed by atoms with Crippen LogP contribution in [0, 0.1) is 0 Å². The van der Waals surface area contributed by atoms with E-state index in [4.69, 9.17) is 0 Å². The minimum atomic E-state index is 0.105. The van der Waals surface area contributed by atoms with Gasteiger partial charge in [0.1, 0.15) is 0 Å². The largest absolute Gasteiger partial charge is 0.282 e. The van der Waals surface area contributed by atoms with Gasteiger partial charge in [-0.15, -0.1) is 6.58 Å². The van der Waals surface area contributed by atoms with Gasteiger partial charge in [-0.3, -0.25) is 4.79 Å². The van der Waals surface area contributed by atoms with Gasteiger partial charge in [-0.1, -0.05) is 48.2 Å². The molecule has 1 aromatic rings. The molecule has 0 fully saturated rings. The standard InChI is InChI=1S/C11H12OS/c1-3-9(2)13-11(12)10-7-5-4-6-8-10/h3-9H,1H2,2H3. The molecule has 0 aliphatic heterocycles. The van der Waals surface area contributed by atoms with Gasteiger partial charge in [-0.05, 0) is 6.92 Å². The number of benzene rings is 1. The van der Waals surface area contributed by atoms with Crippen LogP contribution in [0.15, 0.2) is 43.0 Å². The van der Waals surface area contributed by atoms with Crippen LogP contribution in [0.5, 0.6) is 0 Å². The summed E-state index contributed by atoms with van der Waals surface area (Å²) in [5.74, 6) is 0. The molecule has 0 radical (unpaired) electrons. The second-order valence-corrected chi connectivity index (χ2v) is 4.06. The number of hydrogen-bond donors (Lipinski definition) is 0. The fourth-order valence-corrected chi connectivity index (χ4v) is 1.57. The predicted molar refractivity (Wildman–Crippen MR) is 58.0 cm³/mol. The van der Waals surface area contributed by atoms with E-state index in [9.17, 15) is 4.79 Å². The third kappa shape index (κ3) is 3.07. The van der Waals surface area contributed by atoms with Crippen molar-refractivity contribution in [2.75, 3.05) is 0 Å². The molecule has 0 saturated heterocycles. The van der Waals surface area contributed by atoms with Crippen molar-refractivity contribution in [2.45, 2.75) is 12.2 Å². The van der Waals surface area contributed by atoms with Crippen molar-refractivity contribution in [3.05, 3.63) is 48.6 Å². The summed E-state index contributed by atoms with van der Waals surface area (Å²) in [7, 11) is 0. The Bertz CT molecular complexity index is 292. The van der Waals surface area contributed by atoms with Crippen molar-refractivity contribution in [3.63, 3.8) is 0 Å². The lowest BCUT2D eigenvalue weighted by Gasteiger charge is -2.03. The number of rotatable bonds is 3. The average Bonchev–Trinajstić information content (AvgIpc) is 2.19. The zero-order valence-electron chi connectivity index (χ0n) is 7.57. The summed E-state index contributed by atoms with van der Waals surface area (Å²) in [6.45, 7) is 5.59. The monoisotopic (exact) mass is 192 g/mol. The van der Waals surface area contributed by atoms with Crippen LogP contribution in [0.2, 0.25) is 0 Å². The SMILES string of the molecule is C=CC(C)SC(=O)c1ccccc1. The van der Waals surface area contributed by atoms with Gasteiger partial charge in [0.05, 0.1) is 0 Å². The maximum absolute atomic E-state index is 11.5. The van der Waals surface area contributed by atoms with Gasteiger partial charge >= 0.3 is 0 Å². The summed E-state index contributed by atoms with van der Waals surface area (Å²) < 4.78 is 0. The lowest BCUT2D eigenvalue weighted by Crippen LogP contribution is -1.99. The van der Waals surface area contributed by atoms with Gasteiger partial charge in [0.15, 0.2) is 0 Å². The fraction of sp³-hybridized carbons (Fsp3) is 0.182. The molecule has 13 heavy (non-hydrogen) atoms. The predicted octanol–water partition coefficient (Wildman–Crippen LogP) is 3.13. The minimum Gasteiger partial charge on any atom is -0.282 e. The molecule has 0 heterocycles. The average molecular weight is 192 g/mol. The van der Waals surface area contributed by atoms with Gasteiger partial charge in [0.2, 0.25) is 5.12 Å². The molecular weight excluding hydrogens is 180 g/mol. The Morgan fingerprint density at radius 3 is 2.62 bits per heavy atom. The van der Waals surface area contributed by atoms with Crippen molar-refractivity contribution in [1.82, 2.24) is 0 Å². The molecule has 0 bridgehead atoms. The maximum atomic E-state index is 11.5. The van der Waals surface area contributed by atoms with E-state index in [1.807, 2.05) is 37.3 Å². The third-order valence-corrected chi connectivity index (χ3v) is 2.65. The molecule has 0 saturated carbocycles. The van der Waals surface area contributed by atoms with Crippen LogP contribution in [0.4, 0.5) is 0 Å². The summed E-state index contributed by atoms with van der Waals surface area (Å²) in [5, 5.41) is 0.278. The summed E-state index contributed by atoms with van der Waals surface area (Å²) in [4.78, 5) is 11.5. The van der Waals surface area contributed by atoms with Crippen molar-refractivity contribution >= 4 is 16.9 Å². The number of hydrogen-bond acceptors (Lipinski definition) is 2. The van der Waals surface area contributed by atoms with Crippen LogP contribution in [0.25, 0.3) is 0 Å². The zero-order valence-corrected chi connectivity index (χ0v) is 8.38. The highest BCUT2D eigenvalue weighted by Crippen LogP contribution is 2.17. The van der Waals surface area contributed by atoms with Crippen LogP contribution in [0.1, 0.15) is 17.3 Å². The Morgan fingerprint density at radius 2 is 2.08 bits per heavy atom. The molecule has 1 atom stereocenters. The lowest BCUT2D eigenvalue weighted by molar-refractivity contribution is 0.108. The van der Waals surface area contributed by atoms with Crippen molar-refractivity contribution < 1.29 is 4.79 Å². The molecule has 1 unspecified atom stereocenters. The summed E-state index contributed by atoms with van der Waals surface area (Å²) >= 11 is 1.30. The van der Waals surface area contributed by atoms with Gasteiger partial charge in [0, 0.05) is 10.8 Å². The Kier molecular flexibility index (Phi) is 3.77. The summed E-state index contributed by atoms with van der Waals surface area (Å²) in [6, 6.07) is 9.29. The molecule has 2 heteroatoms. The first kappa shape index (κ1) is 10.1. The molecule has 1 rings (SSSR count).